The average molecular weight is 377 g/mol. The van der Waals surface area contributed by atoms with Crippen molar-refractivity contribution in [2.45, 2.75) is 13.1 Å². The molecule has 0 aliphatic heterocycles. The molecule has 2 aromatic rings. The van der Waals surface area contributed by atoms with E-state index in [9.17, 15) is 13.2 Å². The fraction of sp³-hybridized carbons (Fsp3) is 0.143. The Labute approximate surface area is 122 Å². The van der Waals surface area contributed by atoms with Crippen molar-refractivity contribution in [2.24, 2.45) is 0 Å². The molecule has 0 aliphatic carbocycles. The molecule has 0 aromatic heterocycles. The van der Waals surface area contributed by atoms with E-state index in [0.29, 0.717) is 14.8 Å². The van der Waals surface area contributed by atoms with Gasteiger partial charge in [0.25, 0.3) is 0 Å². The monoisotopic (exact) mass is 377 g/mol. The van der Waals surface area contributed by atoms with E-state index in [-0.39, 0.29) is 5.56 Å². The molecule has 0 bridgehead atoms. The second-order valence-electron chi connectivity index (χ2n) is 4.26. The van der Waals surface area contributed by atoms with Crippen LogP contribution < -0.4 is 5.73 Å². The van der Waals surface area contributed by atoms with Gasteiger partial charge in [0.05, 0.1) is 5.56 Å². The summed E-state index contributed by atoms with van der Waals surface area (Å²) in [4.78, 5) is 0. The molecule has 0 saturated carbocycles. The minimum absolute atomic E-state index is 0.186. The van der Waals surface area contributed by atoms with Crippen molar-refractivity contribution >= 4 is 28.3 Å². The molecule has 100 valence electrons. The van der Waals surface area contributed by atoms with Crippen LogP contribution in [0.1, 0.15) is 11.1 Å². The SMILES string of the molecule is Cc1cc(N)ccc1-c1ccc(I)cc1C(F)(F)F. The molecule has 0 saturated heterocycles. The van der Waals surface area contributed by atoms with Gasteiger partial charge in [0.2, 0.25) is 0 Å². The van der Waals surface area contributed by atoms with Crippen LogP contribution in [0.15, 0.2) is 36.4 Å². The van der Waals surface area contributed by atoms with Gasteiger partial charge < -0.3 is 5.73 Å². The third kappa shape index (κ3) is 3.02. The Balaban J connectivity index is 2.68. The first-order chi connectivity index (χ1) is 8.79. The number of rotatable bonds is 1. The fourth-order valence-electron chi connectivity index (χ4n) is 1.97. The van der Waals surface area contributed by atoms with Crippen molar-refractivity contribution in [1.29, 1.82) is 0 Å². The van der Waals surface area contributed by atoms with Gasteiger partial charge in [0, 0.05) is 9.26 Å². The Morgan fingerprint density at radius 2 is 1.63 bits per heavy atom. The van der Waals surface area contributed by atoms with Crippen LogP contribution in [0.5, 0.6) is 0 Å². The van der Waals surface area contributed by atoms with E-state index in [1.807, 2.05) is 22.6 Å². The first-order valence-corrected chi connectivity index (χ1v) is 6.60. The molecule has 2 N–H and O–H groups in total. The highest BCUT2D eigenvalue weighted by Gasteiger charge is 2.34. The minimum atomic E-state index is -4.37. The average Bonchev–Trinajstić information content (AvgIpc) is 2.28. The van der Waals surface area contributed by atoms with Gasteiger partial charge in [-0.2, -0.15) is 13.2 Å². The van der Waals surface area contributed by atoms with E-state index < -0.39 is 11.7 Å². The van der Waals surface area contributed by atoms with E-state index >= 15 is 0 Å². The summed E-state index contributed by atoms with van der Waals surface area (Å²) in [6, 6.07) is 9.24. The number of hydrogen-bond acceptors (Lipinski definition) is 1. The van der Waals surface area contributed by atoms with Gasteiger partial charge in [-0.3, -0.25) is 0 Å². The number of alkyl halides is 3. The number of nitrogen functional groups attached to an aromatic ring is 1. The number of nitrogens with two attached hydrogens (primary N) is 1. The molecule has 0 fully saturated rings. The topological polar surface area (TPSA) is 26.0 Å². The normalized spacial score (nSPS) is 11.6. The van der Waals surface area contributed by atoms with Gasteiger partial charge in [0.1, 0.15) is 0 Å². The zero-order valence-corrected chi connectivity index (χ0v) is 12.2. The first kappa shape index (κ1) is 14.2. The lowest BCUT2D eigenvalue weighted by Crippen LogP contribution is -2.08. The number of halogens is 4. The summed E-state index contributed by atoms with van der Waals surface area (Å²) in [5.74, 6) is 0. The molecule has 0 unspecified atom stereocenters. The molecule has 0 radical (unpaired) electrons. The molecule has 5 heteroatoms. The summed E-state index contributed by atoms with van der Waals surface area (Å²) in [7, 11) is 0. The van der Waals surface area contributed by atoms with Crippen LogP contribution >= 0.6 is 22.6 Å². The van der Waals surface area contributed by atoms with Crippen LogP contribution in [0, 0.1) is 10.5 Å². The summed E-state index contributed by atoms with van der Waals surface area (Å²) >= 11 is 1.88. The fourth-order valence-corrected chi connectivity index (χ4v) is 2.47. The Morgan fingerprint density at radius 1 is 1.00 bits per heavy atom. The molecule has 0 aliphatic rings. The lowest BCUT2D eigenvalue weighted by molar-refractivity contribution is -0.137. The van der Waals surface area contributed by atoms with Crippen molar-refractivity contribution in [3.63, 3.8) is 0 Å². The third-order valence-electron chi connectivity index (χ3n) is 2.83. The molecular weight excluding hydrogens is 366 g/mol. The Kier molecular flexibility index (Phi) is 3.75. The number of anilines is 1. The molecule has 1 nitrogen and oxygen atoms in total. The number of benzene rings is 2. The van der Waals surface area contributed by atoms with Crippen LogP contribution in [0.2, 0.25) is 0 Å². The third-order valence-corrected chi connectivity index (χ3v) is 3.50. The molecule has 2 aromatic carbocycles. The zero-order chi connectivity index (χ0) is 14.2. The number of hydrogen-bond donors (Lipinski definition) is 1. The van der Waals surface area contributed by atoms with E-state index in [4.69, 9.17) is 5.73 Å². The highest BCUT2D eigenvalue weighted by atomic mass is 127. The standard InChI is InChI=1S/C14H11F3IN/c1-8-6-10(19)3-5-11(8)12-4-2-9(18)7-13(12)14(15,16)17/h2-7H,19H2,1H3. The second-order valence-corrected chi connectivity index (χ2v) is 5.51. The lowest BCUT2D eigenvalue weighted by Gasteiger charge is -2.15. The highest BCUT2D eigenvalue weighted by molar-refractivity contribution is 14.1. The lowest BCUT2D eigenvalue weighted by atomic mass is 9.95. The van der Waals surface area contributed by atoms with Crippen LogP contribution in [-0.2, 0) is 6.18 Å². The van der Waals surface area contributed by atoms with Crippen molar-refractivity contribution < 1.29 is 13.2 Å². The summed E-state index contributed by atoms with van der Waals surface area (Å²) in [5.41, 5.74) is 7.02. The quantitative estimate of drug-likeness (QED) is 0.557. The maximum Gasteiger partial charge on any atom is 0.417 e. The zero-order valence-electron chi connectivity index (χ0n) is 10.1. The first-order valence-electron chi connectivity index (χ1n) is 5.52. The van der Waals surface area contributed by atoms with Crippen LogP contribution in [-0.4, -0.2) is 0 Å². The summed E-state index contributed by atoms with van der Waals surface area (Å²) < 4.78 is 39.8. The van der Waals surface area contributed by atoms with Gasteiger partial charge in [0.15, 0.2) is 0 Å². The molecule has 0 atom stereocenters. The van der Waals surface area contributed by atoms with E-state index in [1.165, 1.54) is 6.07 Å². The smallest absolute Gasteiger partial charge is 0.399 e. The van der Waals surface area contributed by atoms with Gasteiger partial charge >= 0.3 is 6.18 Å². The minimum Gasteiger partial charge on any atom is -0.399 e. The van der Waals surface area contributed by atoms with E-state index in [0.717, 1.165) is 11.6 Å². The molecular formula is C14H11F3IN. The maximum absolute atomic E-state index is 13.1. The molecule has 0 amide bonds. The second kappa shape index (κ2) is 5.03. The van der Waals surface area contributed by atoms with Crippen molar-refractivity contribution in [3.05, 3.63) is 51.1 Å². The van der Waals surface area contributed by atoms with Gasteiger partial charge in [-0.1, -0.05) is 12.1 Å². The summed E-state index contributed by atoms with van der Waals surface area (Å²) in [6.45, 7) is 1.75. The van der Waals surface area contributed by atoms with Crippen molar-refractivity contribution in [2.75, 3.05) is 5.73 Å². The molecule has 2 rings (SSSR count). The van der Waals surface area contributed by atoms with Gasteiger partial charge in [-0.15, -0.1) is 0 Å². The van der Waals surface area contributed by atoms with Crippen molar-refractivity contribution in [1.82, 2.24) is 0 Å². The van der Waals surface area contributed by atoms with Gasteiger partial charge in [-0.25, -0.2) is 0 Å². The largest absolute Gasteiger partial charge is 0.417 e. The van der Waals surface area contributed by atoms with Crippen LogP contribution in [0.4, 0.5) is 18.9 Å². The van der Waals surface area contributed by atoms with Gasteiger partial charge in [-0.05, 0) is 70.5 Å². The predicted molar refractivity (Wildman–Crippen MR) is 78.7 cm³/mol. The van der Waals surface area contributed by atoms with Crippen molar-refractivity contribution in [3.8, 4) is 11.1 Å². The molecule has 0 heterocycles. The predicted octanol–water partition coefficient (Wildman–Crippen LogP) is 4.87. The Hall–Kier alpha value is -1.24. The highest BCUT2D eigenvalue weighted by Crippen LogP contribution is 2.39. The summed E-state index contributed by atoms with van der Waals surface area (Å²) in [6.07, 6.45) is -4.37. The van der Waals surface area contributed by atoms with E-state index in [1.54, 1.807) is 31.2 Å². The van der Waals surface area contributed by atoms with Crippen LogP contribution in [0.25, 0.3) is 11.1 Å². The molecule has 0 spiro atoms. The summed E-state index contributed by atoms with van der Waals surface area (Å²) in [5, 5.41) is 0. The number of aryl methyl sites for hydroxylation is 1. The Morgan fingerprint density at radius 3 is 2.21 bits per heavy atom. The van der Waals surface area contributed by atoms with E-state index in [2.05, 4.69) is 0 Å². The van der Waals surface area contributed by atoms with Crippen LogP contribution in [0.3, 0.4) is 0 Å². The Bertz CT molecular complexity index is 621. The maximum atomic E-state index is 13.1. The molecule has 19 heavy (non-hydrogen) atoms.